The van der Waals surface area contributed by atoms with Gasteiger partial charge < -0.3 is 19.3 Å². The van der Waals surface area contributed by atoms with Gasteiger partial charge in [-0.25, -0.2) is 4.39 Å². The molecule has 0 N–H and O–H groups in total. The summed E-state index contributed by atoms with van der Waals surface area (Å²) in [6.45, 7) is 3.73. The van der Waals surface area contributed by atoms with E-state index in [0.29, 0.717) is 31.0 Å². The van der Waals surface area contributed by atoms with Crippen molar-refractivity contribution in [1.82, 2.24) is 9.80 Å². The van der Waals surface area contributed by atoms with Crippen LogP contribution in [0.1, 0.15) is 45.2 Å². The summed E-state index contributed by atoms with van der Waals surface area (Å²) < 4.78 is 25.4. The standard InChI is InChI=1S/C29H31FN2O4S/c1-20-7-9-21(10-8-20)29(34)31(17-24-6-3-14-35-24)18-28(33)32-13-11-27-25(12-15-37-27)26(32)19-36-23-5-2-4-22(30)16-23/h2,4-5,7-10,12,15-16,24,26H,3,6,11,13-14,17-19H2,1H3. The number of halogens is 1. The lowest BCUT2D eigenvalue weighted by molar-refractivity contribution is -0.135. The van der Waals surface area contributed by atoms with E-state index < -0.39 is 0 Å². The summed E-state index contributed by atoms with van der Waals surface area (Å²) in [5.41, 5.74) is 2.68. The number of rotatable bonds is 8. The molecule has 2 atom stereocenters. The average Bonchev–Trinajstić information content (AvgIpc) is 3.59. The van der Waals surface area contributed by atoms with E-state index in [1.165, 1.54) is 17.0 Å². The number of amides is 2. The van der Waals surface area contributed by atoms with E-state index in [1.807, 2.05) is 30.5 Å². The molecule has 1 aromatic heterocycles. The summed E-state index contributed by atoms with van der Waals surface area (Å²) in [4.78, 5) is 31.9. The zero-order chi connectivity index (χ0) is 25.8. The summed E-state index contributed by atoms with van der Waals surface area (Å²) in [6, 6.07) is 15.1. The van der Waals surface area contributed by atoms with Gasteiger partial charge in [-0.3, -0.25) is 9.59 Å². The average molecular weight is 523 g/mol. The maximum Gasteiger partial charge on any atom is 0.254 e. The molecule has 2 aliphatic heterocycles. The van der Waals surface area contributed by atoms with Crippen LogP contribution in [0.2, 0.25) is 0 Å². The van der Waals surface area contributed by atoms with Crippen LogP contribution in [0, 0.1) is 12.7 Å². The van der Waals surface area contributed by atoms with Crippen LogP contribution in [0.5, 0.6) is 5.75 Å². The zero-order valence-corrected chi connectivity index (χ0v) is 21.7. The van der Waals surface area contributed by atoms with Crippen molar-refractivity contribution in [2.24, 2.45) is 0 Å². The number of hydrogen-bond acceptors (Lipinski definition) is 5. The molecular formula is C29H31FN2O4S. The number of carbonyl (C=O) groups excluding carboxylic acids is 2. The normalized spacial score (nSPS) is 18.9. The minimum absolute atomic E-state index is 0.0392. The molecule has 1 saturated heterocycles. The monoisotopic (exact) mass is 522 g/mol. The first-order valence-corrected chi connectivity index (χ1v) is 13.6. The Balaban J connectivity index is 1.35. The van der Waals surface area contributed by atoms with Gasteiger partial charge in [0, 0.05) is 36.2 Å². The van der Waals surface area contributed by atoms with Crippen LogP contribution in [0.4, 0.5) is 4.39 Å². The van der Waals surface area contributed by atoms with E-state index in [-0.39, 0.29) is 42.9 Å². The lowest BCUT2D eigenvalue weighted by Crippen LogP contribution is -2.49. The Hall–Kier alpha value is -3.23. The van der Waals surface area contributed by atoms with Crippen LogP contribution >= 0.6 is 11.3 Å². The van der Waals surface area contributed by atoms with Crippen molar-refractivity contribution in [3.05, 3.63) is 87.4 Å². The van der Waals surface area contributed by atoms with Crippen molar-refractivity contribution in [2.45, 2.75) is 38.3 Å². The SMILES string of the molecule is Cc1ccc(C(=O)N(CC(=O)N2CCc3sccc3C2COc2cccc(F)c2)CC2CCCO2)cc1. The van der Waals surface area contributed by atoms with Crippen molar-refractivity contribution in [2.75, 3.05) is 32.8 Å². The number of carbonyl (C=O) groups is 2. The maximum absolute atomic E-state index is 13.8. The molecule has 2 unspecified atom stereocenters. The fraction of sp³-hybridized carbons (Fsp3) is 0.379. The summed E-state index contributed by atoms with van der Waals surface area (Å²) in [6.07, 6.45) is 2.52. The molecule has 194 valence electrons. The smallest absolute Gasteiger partial charge is 0.254 e. The fourth-order valence-electron chi connectivity index (χ4n) is 4.99. The second kappa shape index (κ2) is 11.4. The Kier molecular flexibility index (Phi) is 7.86. The third-order valence-corrected chi connectivity index (χ3v) is 7.98. The summed E-state index contributed by atoms with van der Waals surface area (Å²) in [7, 11) is 0. The number of nitrogens with zero attached hydrogens (tertiary/aromatic N) is 2. The quantitative estimate of drug-likeness (QED) is 0.417. The number of benzene rings is 2. The van der Waals surface area contributed by atoms with Crippen molar-refractivity contribution >= 4 is 23.2 Å². The third kappa shape index (κ3) is 6.02. The molecule has 5 rings (SSSR count). The molecule has 2 amide bonds. The molecule has 3 aromatic rings. The largest absolute Gasteiger partial charge is 0.491 e. The van der Waals surface area contributed by atoms with Crippen LogP contribution in [0.25, 0.3) is 0 Å². The Bertz CT molecular complexity index is 1240. The molecule has 8 heteroatoms. The predicted molar refractivity (Wildman–Crippen MR) is 140 cm³/mol. The topological polar surface area (TPSA) is 59.1 Å². The molecule has 2 aromatic carbocycles. The number of aryl methyl sites for hydroxylation is 1. The Morgan fingerprint density at radius 3 is 2.78 bits per heavy atom. The number of fused-ring (bicyclic) bond motifs is 1. The highest BCUT2D eigenvalue weighted by molar-refractivity contribution is 7.10. The Labute approximate surface area is 220 Å². The lowest BCUT2D eigenvalue weighted by Gasteiger charge is -2.37. The number of thiophene rings is 1. The van der Waals surface area contributed by atoms with Gasteiger partial charge in [-0.1, -0.05) is 23.8 Å². The second-order valence-corrected chi connectivity index (χ2v) is 10.6. The zero-order valence-electron chi connectivity index (χ0n) is 20.9. The van der Waals surface area contributed by atoms with Crippen LogP contribution in [-0.2, 0) is 16.0 Å². The molecule has 0 bridgehead atoms. The van der Waals surface area contributed by atoms with Crippen LogP contribution in [0.3, 0.4) is 0 Å². The van der Waals surface area contributed by atoms with Crippen molar-refractivity contribution < 1.29 is 23.5 Å². The summed E-state index contributed by atoms with van der Waals surface area (Å²) in [5.74, 6) is -0.262. The van der Waals surface area contributed by atoms with Crippen LogP contribution in [0.15, 0.2) is 60.0 Å². The first-order valence-electron chi connectivity index (χ1n) is 12.7. The predicted octanol–water partition coefficient (Wildman–Crippen LogP) is 5.02. The van der Waals surface area contributed by atoms with Crippen LogP contribution in [-0.4, -0.2) is 60.6 Å². The highest BCUT2D eigenvalue weighted by atomic mass is 32.1. The van der Waals surface area contributed by atoms with E-state index in [1.54, 1.807) is 45.4 Å². The van der Waals surface area contributed by atoms with Gasteiger partial charge in [-0.15, -0.1) is 11.3 Å². The van der Waals surface area contributed by atoms with Gasteiger partial charge in [-0.2, -0.15) is 0 Å². The van der Waals surface area contributed by atoms with Gasteiger partial charge in [0.05, 0.1) is 12.1 Å². The van der Waals surface area contributed by atoms with Gasteiger partial charge in [0.25, 0.3) is 5.91 Å². The van der Waals surface area contributed by atoms with Crippen LogP contribution < -0.4 is 4.74 Å². The molecule has 1 fully saturated rings. The van der Waals surface area contributed by atoms with E-state index in [9.17, 15) is 14.0 Å². The lowest BCUT2D eigenvalue weighted by atomic mass is 10.00. The third-order valence-electron chi connectivity index (χ3n) is 6.98. The Morgan fingerprint density at radius 1 is 1.19 bits per heavy atom. The van der Waals surface area contributed by atoms with Gasteiger partial charge in [0.15, 0.2) is 0 Å². The summed E-state index contributed by atoms with van der Waals surface area (Å²) >= 11 is 1.67. The number of hydrogen-bond donors (Lipinski definition) is 0. The minimum Gasteiger partial charge on any atom is -0.491 e. The fourth-order valence-corrected chi connectivity index (χ4v) is 5.92. The van der Waals surface area contributed by atoms with E-state index in [0.717, 1.165) is 30.4 Å². The van der Waals surface area contributed by atoms with Gasteiger partial charge >= 0.3 is 0 Å². The highest BCUT2D eigenvalue weighted by Crippen LogP contribution is 2.34. The first-order chi connectivity index (χ1) is 18.0. The molecule has 0 aliphatic carbocycles. The first kappa shape index (κ1) is 25.4. The molecule has 0 radical (unpaired) electrons. The number of ether oxygens (including phenoxy) is 2. The van der Waals surface area contributed by atoms with Crippen molar-refractivity contribution in [3.63, 3.8) is 0 Å². The van der Waals surface area contributed by atoms with Crippen molar-refractivity contribution in [1.29, 1.82) is 0 Å². The minimum atomic E-state index is -0.371. The van der Waals surface area contributed by atoms with Gasteiger partial charge in [-0.05, 0) is 67.5 Å². The molecule has 6 nitrogen and oxygen atoms in total. The van der Waals surface area contributed by atoms with Gasteiger partial charge in [0.1, 0.15) is 24.7 Å². The molecule has 2 aliphatic rings. The molecule has 0 spiro atoms. The molecule has 0 saturated carbocycles. The second-order valence-electron chi connectivity index (χ2n) is 9.61. The molecular weight excluding hydrogens is 491 g/mol. The van der Waals surface area contributed by atoms with E-state index in [2.05, 4.69) is 0 Å². The van der Waals surface area contributed by atoms with Gasteiger partial charge in [0.2, 0.25) is 5.91 Å². The van der Waals surface area contributed by atoms with E-state index in [4.69, 9.17) is 9.47 Å². The maximum atomic E-state index is 13.8. The van der Waals surface area contributed by atoms with E-state index >= 15 is 0 Å². The Morgan fingerprint density at radius 2 is 2.03 bits per heavy atom. The highest BCUT2D eigenvalue weighted by Gasteiger charge is 2.34. The molecule has 3 heterocycles. The summed E-state index contributed by atoms with van der Waals surface area (Å²) in [5, 5.41) is 2.03. The van der Waals surface area contributed by atoms with Crippen molar-refractivity contribution in [3.8, 4) is 5.75 Å². The molecule has 37 heavy (non-hydrogen) atoms.